The van der Waals surface area contributed by atoms with Gasteiger partial charge in [0, 0.05) is 17.7 Å². The lowest BCUT2D eigenvalue weighted by Gasteiger charge is -2.11. The Morgan fingerprint density at radius 1 is 1.10 bits per heavy atom. The van der Waals surface area contributed by atoms with Crippen molar-refractivity contribution in [3.05, 3.63) is 105 Å². The van der Waals surface area contributed by atoms with E-state index in [1.807, 2.05) is 6.92 Å². The van der Waals surface area contributed by atoms with Gasteiger partial charge in [0.1, 0.15) is 11.5 Å². The lowest BCUT2D eigenvalue weighted by Crippen LogP contribution is -2.34. The Kier molecular flexibility index (Phi) is 6.39. The largest absolute Gasteiger partial charge is 0.467 e. The summed E-state index contributed by atoms with van der Waals surface area (Å²) in [5.74, 6) is -0.485. The molecule has 0 aliphatic rings. The molecule has 8 heteroatoms. The third-order valence-corrected chi connectivity index (χ3v) is 4.20. The Morgan fingerprint density at radius 3 is 2.53 bits per heavy atom. The molecule has 2 amide bonds. The highest BCUT2D eigenvalue weighted by Crippen LogP contribution is 2.16. The second-order valence-corrected chi connectivity index (χ2v) is 6.49. The summed E-state index contributed by atoms with van der Waals surface area (Å²) < 4.78 is 5.19. The molecule has 3 aromatic rings. The molecule has 30 heavy (non-hydrogen) atoms. The monoisotopic (exact) mass is 405 g/mol. The van der Waals surface area contributed by atoms with E-state index in [1.165, 1.54) is 30.5 Å². The number of benzene rings is 2. The summed E-state index contributed by atoms with van der Waals surface area (Å²) in [6, 6.07) is 16.0. The molecule has 0 aliphatic carbocycles. The predicted octanol–water partition coefficient (Wildman–Crippen LogP) is 3.58. The fraction of sp³-hybridized carbons (Fsp3) is 0.0909. The van der Waals surface area contributed by atoms with Gasteiger partial charge in [0.05, 0.1) is 17.7 Å². The number of rotatable bonds is 7. The molecule has 0 spiro atoms. The van der Waals surface area contributed by atoms with Gasteiger partial charge in [0.2, 0.25) is 0 Å². The van der Waals surface area contributed by atoms with Gasteiger partial charge in [-0.25, -0.2) is 0 Å². The summed E-state index contributed by atoms with van der Waals surface area (Å²) in [5.41, 5.74) is 1.60. The summed E-state index contributed by atoms with van der Waals surface area (Å²) in [6.45, 7) is 2.02. The normalized spacial score (nSPS) is 11.0. The fourth-order valence-electron chi connectivity index (χ4n) is 2.63. The van der Waals surface area contributed by atoms with Gasteiger partial charge >= 0.3 is 0 Å². The number of furan rings is 1. The molecule has 1 heterocycles. The zero-order valence-corrected chi connectivity index (χ0v) is 16.1. The smallest absolute Gasteiger partial charge is 0.270 e. The first kappa shape index (κ1) is 20.5. The highest BCUT2D eigenvalue weighted by Gasteiger charge is 2.16. The number of nitrogens with one attached hydrogen (secondary N) is 2. The van der Waals surface area contributed by atoms with Crippen LogP contribution in [0.4, 0.5) is 5.69 Å². The van der Waals surface area contributed by atoms with E-state index in [0.29, 0.717) is 16.9 Å². The van der Waals surface area contributed by atoms with Gasteiger partial charge in [0.25, 0.3) is 17.5 Å². The van der Waals surface area contributed by atoms with Crippen molar-refractivity contribution in [3.8, 4) is 0 Å². The van der Waals surface area contributed by atoms with Crippen LogP contribution in [0, 0.1) is 17.0 Å². The maximum atomic E-state index is 12.7. The Balaban J connectivity index is 1.86. The number of hydrogen-bond donors (Lipinski definition) is 2. The average Bonchev–Trinajstić information content (AvgIpc) is 3.26. The number of hydrogen-bond acceptors (Lipinski definition) is 5. The van der Waals surface area contributed by atoms with Crippen molar-refractivity contribution in [1.29, 1.82) is 0 Å². The minimum absolute atomic E-state index is 0.0485. The van der Waals surface area contributed by atoms with Crippen LogP contribution in [-0.2, 0) is 11.3 Å². The second kappa shape index (κ2) is 9.33. The minimum atomic E-state index is -0.557. The number of non-ortho nitro benzene ring substituents is 1. The zero-order chi connectivity index (χ0) is 21.5. The Labute approximate surface area is 172 Å². The molecule has 0 radical (unpaired) electrons. The van der Waals surface area contributed by atoms with Gasteiger partial charge in [-0.3, -0.25) is 19.7 Å². The van der Waals surface area contributed by atoms with Gasteiger partial charge in [0.15, 0.2) is 0 Å². The lowest BCUT2D eigenvalue weighted by atomic mass is 10.1. The number of amides is 2. The molecule has 0 saturated heterocycles. The van der Waals surface area contributed by atoms with Crippen molar-refractivity contribution in [2.24, 2.45) is 0 Å². The fourth-order valence-corrected chi connectivity index (χ4v) is 2.63. The van der Waals surface area contributed by atoms with Crippen LogP contribution in [0.1, 0.15) is 27.2 Å². The molecular weight excluding hydrogens is 386 g/mol. The first-order valence-corrected chi connectivity index (χ1v) is 9.07. The van der Waals surface area contributed by atoms with E-state index in [-0.39, 0.29) is 17.9 Å². The highest BCUT2D eigenvalue weighted by molar-refractivity contribution is 6.05. The number of aryl methyl sites for hydroxylation is 1. The number of carbonyl (C=O) groups is 2. The summed E-state index contributed by atoms with van der Waals surface area (Å²) in [6.07, 6.45) is 2.87. The molecule has 0 unspecified atom stereocenters. The van der Waals surface area contributed by atoms with Gasteiger partial charge in [-0.15, -0.1) is 0 Å². The molecule has 2 aromatic carbocycles. The maximum Gasteiger partial charge on any atom is 0.270 e. The van der Waals surface area contributed by atoms with E-state index in [0.717, 1.165) is 5.56 Å². The predicted molar refractivity (Wildman–Crippen MR) is 110 cm³/mol. The van der Waals surface area contributed by atoms with Crippen LogP contribution in [0.25, 0.3) is 6.08 Å². The van der Waals surface area contributed by atoms with Crippen LogP contribution in [0.5, 0.6) is 0 Å². The van der Waals surface area contributed by atoms with Crippen LogP contribution >= 0.6 is 0 Å². The minimum Gasteiger partial charge on any atom is -0.467 e. The van der Waals surface area contributed by atoms with E-state index in [9.17, 15) is 19.7 Å². The first-order chi connectivity index (χ1) is 14.4. The molecule has 0 atom stereocenters. The first-order valence-electron chi connectivity index (χ1n) is 9.07. The molecule has 3 rings (SSSR count). The third kappa shape index (κ3) is 5.41. The molecule has 152 valence electrons. The van der Waals surface area contributed by atoms with E-state index >= 15 is 0 Å². The standard InChI is InChI=1S/C22H19N3O5/c1-15-7-9-17(10-8-15)21(26)24-20(22(27)23-14-19-6-3-11-30-19)13-16-4-2-5-18(12-16)25(28)29/h2-13H,14H2,1H3,(H,23,27)(H,24,26). The van der Waals surface area contributed by atoms with Gasteiger partial charge in [-0.1, -0.05) is 29.8 Å². The van der Waals surface area contributed by atoms with E-state index < -0.39 is 16.7 Å². The molecular formula is C22H19N3O5. The van der Waals surface area contributed by atoms with Gasteiger partial charge < -0.3 is 15.1 Å². The molecule has 8 nitrogen and oxygen atoms in total. The second-order valence-electron chi connectivity index (χ2n) is 6.49. The lowest BCUT2D eigenvalue weighted by molar-refractivity contribution is -0.384. The SMILES string of the molecule is Cc1ccc(C(=O)NC(=Cc2cccc([N+](=O)[O-])c2)C(=O)NCc2ccco2)cc1. The van der Waals surface area contributed by atoms with Crippen LogP contribution in [0.2, 0.25) is 0 Å². The number of nitro groups is 1. The van der Waals surface area contributed by atoms with Crippen molar-refractivity contribution in [3.63, 3.8) is 0 Å². The average molecular weight is 405 g/mol. The van der Waals surface area contributed by atoms with Gasteiger partial charge in [-0.2, -0.15) is 0 Å². The van der Waals surface area contributed by atoms with Crippen molar-refractivity contribution in [2.75, 3.05) is 0 Å². The Morgan fingerprint density at radius 2 is 1.87 bits per heavy atom. The van der Waals surface area contributed by atoms with Crippen molar-refractivity contribution in [2.45, 2.75) is 13.5 Å². The number of carbonyl (C=O) groups excluding carboxylic acids is 2. The van der Waals surface area contributed by atoms with Crippen LogP contribution in [0.3, 0.4) is 0 Å². The summed E-state index contributed by atoms with van der Waals surface area (Å²) in [7, 11) is 0. The zero-order valence-electron chi connectivity index (χ0n) is 16.1. The molecule has 0 saturated carbocycles. The topological polar surface area (TPSA) is 114 Å². The summed E-state index contributed by atoms with van der Waals surface area (Å²) >= 11 is 0. The van der Waals surface area contributed by atoms with Crippen LogP contribution in [-0.4, -0.2) is 16.7 Å². The number of nitro benzene ring substituents is 1. The highest BCUT2D eigenvalue weighted by atomic mass is 16.6. The molecule has 0 bridgehead atoms. The summed E-state index contributed by atoms with van der Waals surface area (Å²) in [5, 5.41) is 16.3. The molecule has 0 aliphatic heterocycles. The van der Waals surface area contributed by atoms with Crippen molar-refractivity contribution in [1.82, 2.24) is 10.6 Å². The Hall–Kier alpha value is -4.20. The van der Waals surface area contributed by atoms with E-state index in [4.69, 9.17) is 4.42 Å². The maximum absolute atomic E-state index is 12.7. The van der Waals surface area contributed by atoms with Crippen molar-refractivity contribution >= 4 is 23.6 Å². The summed E-state index contributed by atoms with van der Waals surface area (Å²) in [4.78, 5) is 35.8. The number of nitrogens with zero attached hydrogens (tertiary/aromatic N) is 1. The quantitative estimate of drug-likeness (QED) is 0.354. The van der Waals surface area contributed by atoms with Crippen molar-refractivity contribution < 1.29 is 18.9 Å². The van der Waals surface area contributed by atoms with E-state index in [1.54, 1.807) is 42.5 Å². The molecule has 2 N–H and O–H groups in total. The Bertz CT molecular complexity index is 1090. The molecule has 0 fully saturated rings. The van der Waals surface area contributed by atoms with Crippen LogP contribution in [0.15, 0.2) is 77.0 Å². The van der Waals surface area contributed by atoms with Crippen LogP contribution < -0.4 is 10.6 Å². The van der Waals surface area contributed by atoms with E-state index in [2.05, 4.69) is 10.6 Å². The third-order valence-electron chi connectivity index (χ3n) is 4.20. The van der Waals surface area contributed by atoms with Gasteiger partial charge in [-0.05, 0) is 42.8 Å². The molecule has 1 aromatic heterocycles.